The second-order valence-electron chi connectivity index (χ2n) is 12.4. The smallest absolute Gasteiger partial charge is 0.105 e. The van der Waals surface area contributed by atoms with Crippen LogP contribution in [0.4, 0.5) is 0 Å². The number of unbranched alkanes of at least 4 members (excludes halogenated alkanes) is 15. The lowest BCUT2D eigenvalue weighted by atomic mass is 9.91. The maximum absolute atomic E-state index is 10.3. The molecule has 4 nitrogen and oxygen atoms in total. The van der Waals surface area contributed by atoms with Crippen molar-refractivity contribution in [1.82, 2.24) is 0 Å². The number of carboxylic acids is 1. The van der Waals surface area contributed by atoms with Crippen LogP contribution in [0.25, 0.3) is 0 Å². The van der Waals surface area contributed by atoms with Crippen LogP contribution >= 0.6 is 0 Å². The molecule has 0 fully saturated rings. The Morgan fingerprint density at radius 3 is 1.16 bits per heavy atom. The van der Waals surface area contributed by atoms with Gasteiger partial charge in [-0.1, -0.05) is 119 Å². The van der Waals surface area contributed by atoms with E-state index in [9.17, 15) is 15.0 Å². The van der Waals surface area contributed by atoms with Gasteiger partial charge in [0, 0.05) is 11.4 Å². The van der Waals surface area contributed by atoms with Crippen molar-refractivity contribution in [2.45, 2.75) is 177 Å². The van der Waals surface area contributed by atoms with E-state index in [4.69, 9.17) is 0 Å². The number of aliphatic carboxylic acids is 1. The van der Waals surface area contributed by atoms with Crippen LogP contribution < -0.4 is 5.11 Å². The first-order chi connectivity index (χ1) is 17.6. The van der Waals surface area contributed by atoms with Gasteiger partial charge in [0.05, 0.1) is 19.6 Å². The van der Waals surface area contributed by atoms with Crippen molar-refractivity contribution in [3.05, 3.63) is 0 Å². The number of rotatable bonds is 25. The molecule has 0 heterocycles. The van der Waals surface area contributed by atoms with E-state index in [1.165, 1.54) is 140 Å². The number of hydrogen-bond donors (Lipinski definition) is 1. The van der Waals surface area contributed by atoms with Gasteiger partial charge in [0.25, 0.3) is 0 Å². The number of hydrogen-bond acceptors (Lipinski definition) is 3. The van der Waals surface area contributed by atoms with Gasteiger partial charge in [-0.15, -0.1) is 0 Å². The van der Waals surface area contributed by atoms with Crippen molar-refractivity contribution in [3.8, 4) is 0 Å². The maximum atomic E-state index is 10.3. The van der Waals surface area contributed by atoms with Crippen molar-refractivity contribution < 1.29 is 19.5 Å². The fraction of sp³-hybridized carbons (Fsp3) is 0.970. The number of carboxylic acid groups (broad SMARTS) is 1. The molecule has 0 spiro atoms. The summed E-state index contributed by atoms with van der Waals surface area (Å²) >= 11 is 0. The number of carbonyl (C=O) groups is 1. The van der Waals surface area contributed by atoms with Gasteiger partial charge in [-0.3, -0.25) is 0 Å². The normalized spacial score (nSPS) is 12.8. The molecule has 0 aliphatic heterocycles. The first-order valence-electron chi connectivity index (χ1n) is 16.3. The molecule has 0 aromatic carbocycles. The maximum Gasteiger partial charge on any atom is 0.105 e. The Balaban J connectivity index is 0. The Morgan fingerprint density at radius 1 is 0.649 bits per heavy atom. The van der Waals surface area contributed by atoms with Gasteiger partial charge in [0.2, 0.25) is 0 Å². The number of carbonyl (C=O) groups excluding carboxylic acids is 1. The van der Waals surface area contributed by atoms with E-state index in [2.05, 4.69) is 20.8 Å². The van der Waals surface area contributed by atoms with Crippen molar-refractivity contribution in [3.63, 3.8) is 0 Å². The summed E-state index contributed by atoms with van der Waals surface area (Å²) in [6.07, 6.45) is 25.2. The van der Waals surface area contributed by atoms with E-state index in [-0.39, 0.29) is 6.10 Å². The number of quaternary nitrogens is 1. The molecule has 224 valence electrons. The molecular weight excluding hydrogens is 458 g/mol. The average Bonchev–Trinajstić information content (AvgIpc) is 2.85. The summed E-state index contributed by atoms with van der Waals surface area (Å²) in [6, 6.07) is 0. The van der Waals surface area contributed by atoms with Crippen LogP contribution in [-0.4, -0.2) is 47.8 Å². The Labute approximate surface area is 233 Å². The summed E-state index contributed by atoms with van der Waals surface area (Å²) in [5, 5.41) is 20.4. The molecule has 1 atom stereocenters. The van der Waals surface area contributed by atoms with E-state index in [1.807, 2.05) is 13.8 Å². The average molecular weight is 528 g/mol. The Kier molecular flexibility index (Phi) is 26.7. The largest absolute Gasteiger partial charge is 0.550 e. The third-order valence-electron chi connectivity index (χ3n) is 8.05. The van der Waals surface area contributed by atoms with E-state index < -0.39 is 11.4 Å². The highest BCUT2D eigenvalue weighted by molar-refractivity contribution is 5.71. The Hall–Kier alpha value is -0.610. The van der Waals surface area contributed by atoms with Crippen LogP contribution in [0, 0.1) is 5.41 Å². The quantitative estimate of drug-likeness (QED) is 0.0957. The predicted octanol–water partition coefficient (Wildman–Crippen LogP) is 8.44. The number of aliphatic hydroxyl groups is 1. The summed E-state index contributed by atoms with van der Waals surface area (Å²) in [7, 11) is 0. The zero-order chi connectivity index (χ0) is 28.4. The summed E-state index contributed by atoms with van der Waals surface area (Å²) in [5.74, 6) is -0.972. The third-order valence-corrected chi connectivity index (χ3v) is 8.05. The van der Waals surface area contributed by atoms with E-state index in [1.54, 1.807) is 13.8 Å². The van der Waals surface area contributed by atoms with Gasteiger partial charge in [0.15, 0.2) is 0 Å². The molecule has 0 rings (SSSR count). The van der Waals surface area contributed by atoms with Crippen LogP contribution in [0.15, 0.2) is 0 Å². The molecule has 0 radical (unpaired) electrons. The number of aliphatic hydroxyl groups excluding tert-OH is 1. The van der Waals surface area contributed by atoms with E-state index >= 15 is 0 Å². The molecule has 0 saturated heterocycles. The minimum absolute atomic E-state index is 0.171. The molecule has 4 heteroatoms. The Morgan fingerprint density at radius 2 is 0.946 bits per heavy atom. The molecule has 0 aromatic heterocycles. The minimum atomic E-state index is -0.972. The highest BCUT2D eigenvalue weighted by Gasteiger charge is 2.28. The Bertz CT molecular complexity index is 449. The fourth-order valence-corrected chi connectivity index (χ4v) is 5.00. The van der Waals surface area contributed by atoms with Gasteiger partial charge >= 0.3 is 0 Å². The lowest BCUT2D eigenvalue weighted by Gasteiger charge is -2.40. The van der Waals surface area contributed by atoms with E-state index in [0.29, 0.717) is 6.42 Å². The lowest BCUT2D eigenvalue weighted by molar-refractivity contribution is -0.931. The topological polar surface area (TPSA) is 60.4 Å². The van der Waals surface area contributed by atoms with Crippen molar-refractivity contribution >= 4 is 5.97 Å². The van der Waals surface area contributed by atoms with Gasteiger partial charge in [-0.05, 0) is 51.9 Å². The van der Waals surface area contributed by atoms with Crippen LogP contribution in [0.5, 0.6) is 0 Å². The van der Waals surface area contributed by atoms with Gasteiger partial charge in [-0.2, -0.15) is 0 Å². The zero-order valence-corrected chi connectivity index (χ0v) is 26.6. The van der Waals surface area contributed by atoms with Gasteiger partial charge in [-0.25, -0.2) is 0 Å². The van der Waals surface area contributed by atoms with Crippen LogP contribution in [-0.2, 0) is 4.79 Å². The van der Waals surface area contributed by atoms with Crippen molar-refractivity contribution in [2.75, 3.05) is 26.2 Å². The summed E-state index contributed by atoms with van der Waals surface area (Å²) < 4.78 is 1.19. The number of nitrogens with zero attached hydrogens (tertiary/aromatic N) is 1. The lowest BCUT2D eigenvalue weighted by Crippen LogP contribution is -2.53. The van der Waals surface area contributed by atoms with E-state index in [0.717, 1.165) is 6.54 Å². The highest BCUT2D eigenvalue weighted by atomic mass is 16.4. The first kappa shape index (κ1) is 38.5. The molecule has 0 aliphatic carbocycles. The summed E-state index contributed by atoms with van der Waals surface area (Å²) in [5.41, 5.74) is -0.653. The second kappa shape index (κ2) is 25.7. The molecule has 1 N–H and O–H groups in total. The SMILES string of the molecule is CCC(C)(C)C(=O)[O-].CCCCCCCC[N+](CCCCCCCC)(CCCCCCCC)CC(C)O. The zero-order valence-electron chi connectivity index (χ0n) is 26.6. The molecule has 1 unspecified atom stereocenters. The van der Waals surface area contributed by atoms with Crippen molar-refractivity contribution in [2.24, 2.45) is 5.41 Å². The molecule has 0 aromatic rings. The minimum Gasteiger partial charge on any atom is -0.550 e. The fourth-order valence-electron chi connectivity index (χ4n) is 5.00. The van der Waals surface area contributed by atoms with Gasteiger partial charge < -0.3 is 19.5 Å². The summed E-state index contributed by atoms with van der Waals surface area (Å²) in [6.45, 7) is 18.9. The molecule has 37 heavy (non-hydrogen) atoms. The monoisotopic (exact) mass is 528 g/mol. The highest BCUT2D eigenvalue weighted by Crippen LogP contribution is 2.20. The second-order valence-corrected chi connectivity index (χ2v) is 12.4. The summed E-state index contributed by atoms with van der Waals surface area (Å²) in [4.78, 5) is 10.1. The van der Waals surface area contributed by atoms with Gasteiger partial charge in [0.1, 0.15) is 12.6 Å². The standard InChI is InChI=1S/C27H58NO.C6H12O2/c1-5-8-11-14-17-20-23-28(26-27(4)29,24-21-18-15-12-9-6-2)25-22-19-16-13-10-7-3;1-4-6(2,3)5(7)8/h27,29H,5-26H2,1-4H3;4H2,1-3H3,(H,7,8)/q+1;/p-1. The molecule has 0 amide bonds. The molecule has 0 saturated carbocycles. The van der Waals surface area contributed by atoms with Crippen LogP contribution in [0.3, 0.4) is 0 Å². The molecular formula is C33H69NO3. The molecule has 0 aliphatic rings. The predicted molar refractivity (Wildman–Crippen MR) is 161 cm³/mol. The van der Waals surface area contributed by atoms with Crippen molar-refractivity contribution in [1.29, 1.82) is 0 Å². The third kappa shape index (κ3) is 24.2. The first-order valence-corrected chi connectivity index (χ1v) is 16.3. The van der Waals surface area contributed by atoms with Crippen LogP contribution in [0.1, 0.15) is 170 Å². The van der Waals surface area contributed by atoms with Crippen LogP contribution in [0.2, 0.25) is 0 Å². The molecule has 0 bridgehead atoms.